The Hall–Kier alpha value is -1.32. The Balaban J connectivity index is 1.94. The van der Waals surface area contributed by atoms with Crippen LogP contribution in [0.2, 0.25) is 0 Å². The van der Waals surface area contributed by atoms with Gasteiger partial charge < -0.3 is 10.6 Å². The van der Waals surface area contributed by atoms with Gasteiger partial charge in [-0.05, 0) is 24.8 Å². The maximum atomic E-state index is 5.59. The van der Waals surface area contributed by atoms with Crippen LogP contribution in [0.25, 0.3) is 0 Å². The summed E-state index contributed by atoms with van der Waals surface area (Å²) in [4.78, 5) is 10.5. The van der Waals surface area contributed by atoms with Gasteiger partial charge in [0.25, 0.3) is 0 Å². The molecule has 0 unspecified atom stereocenters. The zero-order valence-electron chi connectivity index (χ0n) is 9.89. The molecule has 4 nitrogen and oxygen atoms in total. The third-order valence-electron chi connectivity index (χ3n) is 3.29. The van der Waals surface area contributed by atoms with Crippen LogP contribution < -0.4 is 10.6 Å². The van der Waals surface area contributed by atoms with E-state index in [2.05, 4.69) is 21.8 Å². The maximum absolute atomic E-state index is 5.59. The van der Waals surface area contributed by atoms with Gasteiger partial charge in [-0.1, -0.05) is 19.8 Å². The molecule has 1 aromatic rings. The summed E-state index contributed by atoms with van der Waals surface area (Å²) in [6.45, 7) is 4.46. The first-order valence-electron chi connectivity index (χ1n) is 6.13. The second kappa shape index (κ2) is 5.14. The van der Waals surface area contributed by atoms with E-state index in [0.29, 0.717) is 5.95 Å². The van der Waals surface area contributed by atoms with Gasteiger partial charge in [-0.3, -0.25) is 0 Å². The standard InChI is InChI=1S/C12H20N4/c1-2-3-10-5-8-16(9-6-10)11-4-7-14-12(13)15-11/h4,7,10H,2-3,5-6,8-9H2,1H3,(H2,13,14,15). The van der Waals surface area contributed by atoms with Crippen molar-refractivity contribution in [2.75, 3.05) is 23.7 Å². The first-order chi connectivity index (χ1) is 7.79. The van der Waals surface area contributed by atoms with Gasteiger partial charge >= 0.3 is 0 Å². The smallest absolute Gasteiger partial charge is 0.221 e. The van der Waals surface area contributed by atoms with Gasteiger partial charge in [0.15, 0.2) is 0 Å². The highest BCUT2D eigenvalue weighted by molar-refractivity contribution is 5.41. The molecule has 0 atom stereocenters. The van der Waals surface area contributed by atoms with E-state index in [1.165, 1.54) is 25.7 Å². The minimum absolute atomic E-state index is 0.369. The molecule has 0 saturated carbocycles. The van der Waals surface area contributed by atoms with Crippen molar-refractivity contribution in [1.29, 1.82) is 0 Å². The molecule has 2 rings (SSSR count). The van der Waals surface area contributed by atoms with E-state index in [9.17, 15) is 0 Å². The number of nitrogen functional groups attached to an aromatic ring is 1. The van der Waals surface area contributed by atoms with E-state index in [0.717, 1.165) is 24.8 Å². The van der Waals surface area contributed by atoms with Crippen molar-refractivity contribution in [3.63, 3.8) is 0 Å². The number of hydrogen-bond acceptors (Lipinski definition) is 4. The molecule has 2 N–H and O–H groups in total. The molecule has 0 aromatic carbocycles. The Morgan fingerprint density at radius 3 is 2.81 bits per heavy atom. The van der Waals surface area contributed by atoms with Crippen molar-refractivity contribution >= 4 is 11.8 Å². The largest absolute Gasteiger partial charge is 0.368 e. The lowest BCUT2D eigenvalue weighted by Gasteiger charge is -2.32. The molecule has 1 aliphatic rings. The SMILES string of the molecule is CCCC1CCN(c2ccnc(N)n2)CC1. The fourth-order valence-corrected chi connectivity index (χ4v) is 2.40. The van der Waals surface area contributed by atoms with Crippen molar-refractivity contribution in [3.8, 4) is 0 Å². The molecule has 1 aliphatic heterocycles. The summed E-state index contributed by atoms with van der Waals surface area (Å²) in [6.07, 6.45) is 6.94. The molecule has 1 saturated heterocycles. The van der Waals surface area contributed by atoms with Crippen molar-refractivity contribution < 1.29 is 0 Å². The van der Waals surface area contributed by atoms with E-state index < -0.39 is 0 Å². The van der Waals surface area contributed by atoms with Crippen molar-refractivity contribution in [2.45, 2.75) is 32.6 Å². The zero-order chi connectivity index (χ0) is 11.4. The Morgan fingerprint density at radius 1 is 1.44 bits per heavy atom. The van der Waals surface area contributed by atoms with E-state index >= 15 is 0 Å². The summed E-state index contributed by atoms with van der Waals surface area (Å²) in [5, 5.41) is 0. The molecule has 0 bridgehead atoms. The van der Waals surface area contributed by atoms with Gasteiger partial charge in [0.2, 0.25) is 5.95 Å². The lowest BCUT2D eigenvalue weighted by molar-refractivity contribution is 0.377. The lowest BCUT2D eigenvalue weighted by Crippen LogP contribution is -2.34. The van der Waals surface area contributed by atoms with Gasteiger partial charge in [-0.25, -0.2) is 4.98 Å². The highest BCUT2D eigenvalue weighted by Gasteiger charge is 2.19. The number of nitrogens with two attached hydrogens (primary N) is 1. The van der Waals surface area contributed by atoms with Crippen molar-refractivity contribution in [3.05, 3.63) is 12.3 Å². The Bertz CT molecular complexity index is 332. The predicted molar refractivity (Wildman–Crippen MR) is 66.3 cm³/mol. The molecular formula is C12H20N4. The Kier molecular flexibility index (Phi) is 3.59. The Morgan fingerprint density at radius 2 is 2.19 bits per heavy atom. The predicted octanol–water partition coefficient (Wildman–Crippen LogP) is 2.08. The molecule has 1 fully saturated rings. The van der Waals surface area contributed by atoms with E-state index in [1.807, 2.05) is 6.07 Å². The molecule has 1 aromatic heterocycles. The molecule has 88 valence electrons. The third kappa shape index (κ3) is 2.62. The topological polar surface area (TPSA) is 55.0 Å². The van der Waals surface area contributed by atoms with Crippen LogP contribution >= 0.6 is 0 Å². The van der Waals surface area contributed by atoms with Gasteiger partial charge in [-0.15, -0.1) is 0 Å². The first-order valence-corrected chi connectivity index (χ1v) is 6.13. The summed E-state index contributed by atoms with van der Waals surface area (Å²) in [6, 6.07) is 1.94. The minimum atomic E-state index is 0.369. The lowest BCUT2D eigenvalue weighted by atomic mass is 9.92. The molecular weight excluding hydrogens is 200 g/mol. The van der Waals surface area contributed by atoms with E-state index in [1.54, 1.807) is 6.20 Å². The number of anilines is 2. The fraction of sp³-hybridized carbons (Fsp3) is 0.667. The molecule has 0 amide bonds. The van der Waals surface area contributed by atoms with Gasteiger partial charge in [0.1, 0.15) is 5.82 Å². The van der Waals surface area contributed by atoms with Crippen LogP contribution in [0.5, 0.6) is 0 Å². The maximum Gasteiger partial charge on any atom is 0.221 e. The van der Waals surface area contributed by atoms with Crippen LogP contribution in [-0.4, -0.2) is 23.1 Å². The quantitative estimate of drug-likeness (QED) is 0.847. The molecule has 16 heavy (non-hydrogen) atoms. The van der Waals surface area contributed by atoms with Gasteiger partial charge in [-0.2, -0.15) is 4.98 Å². The van der Waals surface area contributed by atoms with Crippen molar-refractivity contribution in [2.24, 2.45) is 5.92 Å². The summed E-state index contributed by atoms with van der Waals surface area (Å²) in [5.41, 5.74) is 5.59. The van der Waals surface area contributed by atoms with Gasteiger partial charge in [0, 0.05) is 19.3 Å². The van der Waals surface area contributed by atoms with E-state index in [-0.39, 0.29) is 0 Å². The monoisotopic (exact) mass is 220 g/mol. The van der Waals surface area contributed by atoms with Crippen LogP contribution in [0.1, 0.15) is 32.6 Å². The average molecular weight is 220 g/mol. The summed E-state index contributed by atoms with van der Waals surface area (Å²) < 4.78 is 0. The second-order valence-corrected chi connectivity index (χ2v) is 4.49. The normalized spacial score (nSPS) is 17.7. The van der Waals surface area contributed by atoms with Crippen LogP contribution in [0.3, 0.4) is 0 Å². The van der Waals surface area contributed by atoms with Crippen LogP contribution in [0, 0.1) is 5.92 Å². The number of aromatic nitrogens is 2. The summed E-state index contributed by atoms with van der Waals surface area (Å²) in [7, 11) is 0. The average Bonchev–Trinajstić information content (AvgIpc) is 2.30. The molecule has 0 spiro atoms. The number of nitrogens with zero attached hydrogens (tertiary/aromatic N) is 3. The highest BCUT2D eigenvalue weighted by atomic mass is 15.2. The molecule has 0 radical (unpaired) electrons. The Labute approximate surface area is 96.9 Å². The molecule has 4 heteroatoms. The van der Waals surface area contributed by atoms with Crippen LogP contribution in [-0.2, 0) is 0 Å². The highest BCUT2D eigenvalue weighted by Crippen LogP contribution is 2.24. The number of piperidine rings is 1. The second-order valence-electron chi connectivity index (χ2n) is 4.49. The fourth-order valence-electron chi connectivity index (χ4n) is 2.40. The number of rotatable bonds is 3. The summed E-state index contributed by atoms with van der Waals surface area (Å²) in [5.74, 6) is 2.25. The minimum Gasteiger partial charge on any atom is -0.368 e. The molecule has 2 heterocycles. The van der Waals surface area contributed by atoms with Crippen molar-refractivity contribution in [1.82, 2.24) is 9.97 Å². The number of hydrogen-bond donors (Lipinski definition) is 1. The van der Waals surface area contributed by atoms with Crippen LogP contribution in [0.15, 0.2) is 12.3 Å². The van der Waals surface area contributed by atoms with Crippen LogP contribution in [0.4, 0.5) is 11.8 Å². The van der Waals surface area contributed by atoms with Gasteiger partial charge in [0.05, 0.1) is 0 Å². The summed E-state index contributed by atoms with van der Waals surface area (Å²) >= 11 is 0. The third-order valence-corrected chi connectivity index (χ3v) is 3.29. The first kappa shape index (κ1) is 11.2. The zero-order valence-corrected chi connectivity index (χ0v) is 9.89. The van der Waals surface area contributed by atoms with E-state index in [4.69, 9.17) is 5.73 Å². The molecule has 0 aliphatic carbocycles.